The summed E-state index contributed by atoms with van der Waals surface area (Å²) < 4.78 is 16.1. The van der Waals surface area contributed by atoms with Crippen molar-refractivity contribution in [3.63, 3.8) is 0 Å². The molecule has 11 heteroatoms. The Labute approximate surface area is 235 Å². The maximum Gasteiger partial charge on any atom is 0.161 e. The van der Waals surface area contributed by atoms with Crippen LogP contribution >= 0.6 is 0 Å². The van der Waals surface area contributed by atoms with E-state index in [2.05, 4.69) is 59.3 Å². The van der Waals surface area contributed by atoms with Crippen molar-refractivity contribution in [1.82, 2.24) is 40.4 Å². The molecule has 10 nitrogen and oxygen atoms in total. The van der Waals surface area contributed by atoms with Crippen LogP contribution in [0.15, 0.2) is 84.1 Å². The summed E-state index contributed by atoms with van der Waals surface area (Å²) in [5.74, 6) is -0.126. The molecule has 0 saturated carbocycles. The van der Waals surface area contributed by atoms with E-state index in [-0.39, 0.29) is 11.1 Å². The number of nitrogens with one attached hydrogen (secondary N) is 3. The van der Waals surface area contributed by atoms with Crippen LogP contribution < -0.4 is 10.2 Å². The van der Waals surface area contributed by atoms with E-state index >= 15 is 4.39 Å². The highest BCUT2D eigenvalue weighted by Gasteiger charge is 2.22. The Balaban J connectivity index is 1.33. The van der Waals surface area contributed by atoms with Crippen LogP contribution in [0.3, 0.4) is 0 Å². The second-order valence-electron chi connectivity index (χ2n) is 9.60. The van der Waals surface area contributed by atoms with Gasteiger partial charge in [0.25, 0.3) is 0 Å². The Kier molecular flexibility index (Phi) is 7.00. The van der Waals surface area contributed by atoms with Crippen LogP contribution in [0.25, 0.3) is 44.8 Å². The van der Waals surface area contributed by atoms with E-state index in [1.54, 1.807) is 24.8 Å². The van der Waals surface area contributed by atoms with E-state index in [1.807, 2.05) is 55.4 Å². The molecule has 0 amide bonds. The number of aromatic nitrogens is 7. The summed E-state index contributed by atoms with van der Waals surface area (Å²) in [7, 11) is 1.89. The number of halogens is 1. The predicted molar refractivity (Wildman–Crippen MR) is 159 cm³/mol. The first-order valence-corrected chi connectivity index (χ1v) is 13.0. The monoisotopic (exact) mass is 546 g/mol. The lowest BCUT2D eigenvalue weighted by molar-refractivity contribution is 0.638. The van der Waals surface area contributed by atoms with Gasteiger partial charge in [0.1, 0.15) is 16.9 Å². The lowest BCUT2D eigenvalue weighted by Crippen LogP contribution is -2.12. The molecule has 0 radical (unpaired) electrons. The minimum Gasteiger partial charge on any atom is -0.347 e. The maximum absolute atomic E-state index is 16.1. The van der Waals surface area contributed by atoms with Crippen LogP contribution in [0.5, 0.6) is 0 Å². The molecule has 41 heavy (non-hydrogen) atoms. The number of benzene rings is 1. The van der Waals surface area contributed by atoms with Crippen molar-refractivity contribution in [1.29, 1.82) is 0 Å². The SMILES string of the molecule is C=N/C(C)=C\N(C)c1ccnc2[nH]c(-c3n[nH]c4cnc(-c5cncc(CNCc6ccccc6)c5)c(F)c34)nc12. The van der Waals surface area contributed by atoms with E-state index < -0.39 is 5.82 Å². The zero-order valence-electron chi connectivity index (χ0n) is 22.6. The number of aliphatic imine (C=N–C) groups is 1. The minimum absolute atomic E-state index is 0.185. The normalized spacial score (nSPS) is 11.8. The summed E-state index contributed by atoms with van der Waals surface area (Å²) >= 11 is 0. The standard InChI is InChI=1S/C30H27FN10/c1-18(32-2)17-41(3)23-9-10-35-29-27(23)37-30(38-29)28-24-22(39-40-28)16-36-26(25(24)31)21-11-20(14-34-15-21)13-33-12-19-7-5-4-6-8-19/h4-11,14-17,33H,2,12-13H2,1,3H3,(H,39,40)(H,35,37,38)/b18-17-. The molecule has 0 aliphatic rings. The van der Waals surface area contributed by atoms with Gasteiger partial charge < -0.3 is 15.2 Å². The van der Waals surface area contributed by atoms with Gasteiger partial charge in [-0.3, -0.25) is 20.1 Å². The van der Waals surface area contributed by atoms with Gasteiger partial charge in [0.2, 0.25) is 0 Å². The van der Waals surface area contributed by atoms with Crippen molar-refractivity contribution in [2.24, 2.45) is 4.99 Å². The third-order valence-corrected chi connectivity index (χ3v) is 6.71. The number of H-pyrrole nitrogens is 2. The molecule has 0 spiro atoms. The van der Waals surface area contributed by atoms with Gasteiger partial charge in [-0.25, -0.2) is 14.4 Å². The van der Waals surface area contributed by atoms with Gasteiger partial charge in [0.05, 0.1) is 28.5 Å². The Bertz CT molecular complexity index is 1890. The van der Waals surface area contributed by atoms with Gasteiger partial charge in [-0.2, -0.15) is 5.10 Å². The molecule has 0 atom stereocenters. The number of anilines is 1. The largest absolute Gasteiger partial charge is 0.347 e. The van der Waals surface area contributed by atoms with Crippen molar-refractivity contribution in [2.75, 3.05) is 11.9 Å². The Morgan fingerprint density at radius 2 is 1.90 bits per heavy atom. The molecule has 0 aliphatic carbocycles. The molecule has 6 rings (SSSR count). The van der Waals surface area contributed by atoms with Gasteiger partial charge in [0, 0.05) is 50.5 Å². The van der Waals surface area contributed by atoms with Crippen LogP contribution in [0.4, 0.5) is 10.1 Å². The molecule has 6 aromatic rings. The summed E-state index contributed by atoms with van der Waals surface area (Å²) in [6, 6.07) is 13.9. The van der Waals surface area contributed by atoms with E-state index in [4.69, 9.17) is 4.98 Å². The molecule has 0 unspecified atom stereocenters. The predicted octanol–water partition coefficient (Wildman–Crippen LogP) is 5.39. The van der Waals surface area contributed by atoms with Crippen molar-refractivity contribution in [3.8, 4) is 22.8 Å². The van der Waals surface area contributed by atoms with Gasteiger partial charge in [-0.1, -0.05) is 30.3 Å². The highest BCUT2D eigenvalue weighted by molar-refractivity contribution is 5.96. The van der Waals surface area contributed by atoms with Crippen LogP contribution in [-0.4, -0.2) is 48.9 Å². The number of fused-ring (bicyclic) bond motifs is 2. The Morgan fingerprint density at radius 1 is 1.07 bits per heavy atom. The molecule has 5 heterocycles. The van der Waals surface area contributed by atoms with Gasteiger partial charge in [-0.15, -0.1) is 0 Å². The molecule has 0 saturated heterocycles. The fourth-order valence-corrected chi connectivity index (χ4v) is 4.69. The van der Waals surface area contributed by atoms with Crippen LogP contribution in [0.1, 0.15) is 18.1 Å². The summed E-state index contributed by atoms with van der Waals surface area (Å²) in [4.78, 5) is 26.9. The number of allylic oxidation sites excluding steroid dienone is 1. The first-order chi connectivity index (χ1) is 20.0. The van der Waals surface area contributed by atoms with Crippen LogP contribution in [0.2, 0.25) is 0 Å². The molecule has 5 aromatic heterocycles. The van der Waals surface area contributed by atoms with Crippen molar-refractivity contribution in [2.45, 2.75) is 20.0 Å². The van der Waals surface area contributed by atoms with Gasteiger partial charge >= 0.3 is 0 Å². The molecule has 204 valence electrons. The van der Waals surface area contributed by atoms with Crippen molar-refractivity contribution < 1.29 is 4.39 Å². The van der Waals surface area contributed by atoms with Crippen molar-refractivity contribution >= 4 is 34.5 Å². The summed E-state index contributed by atoms with van der Waals surface area (Å²) in [6.45, 7) is 6.72. The van der Waals surface area contributed by atoms with E-state index in [1.165, 1.54) is 5.56 Å². The van der Waals surface area contributed by atoms with E-state index in [9.17, 15) is 0 Å². The van der Waals surface area contributed by atoms with Crippen LogP contribution in [-0.2, 0) is 13.1 Å². The molecule has 0 bridgehead atoms. The number of rotatable bonds is 9. The van der Waals surface area contributed by atoms with E-state index in [0.29, 0.717) is 46.9 Å². The third kappa shape index (κ3) is 5.18. The minimum atomic E-state index is -0.510. The Morgan fingerprint density at radius 3 is 2.73 bits per heavy atom. The maximum atomic E-state index is 16.1. The Hall–Kier alpha value is -5.29. The second-order valence-corrected chi connectivity index (χ2v) is 9.60. The smallest absolute Gasteiger partial charge is 0.161 e. The molecular weight excluding hydrogens is 519 g/mol. The molecule has 0 fully saturated rings. The summed E-state index contributed by atoms with van der Waals surface area (Å²) in [5.41, 5.74) is 6.36. The highest BCUT2D eigenvalue weighted by atomic mass is 19.1. The summed E-state index contributed by atoms with van der Waals surface area (Å²) in [5, 5.41) is 10.9. The molecule has 1 aromatic carbocycles. The average Bonchev–Trinajstić information content (AvgIpc) is 3.63. The first kappa shape index (κ1) is 26.0. The molecular formula is C30H27FN10. The number of imidazole rings is 1. The fraction of sp³-hybridized carbons (Fsp3) is 0.133. The molecule has 3 N–H and O–H groups in total. The number of hydrogen-bond donors (Lipinski definition) is 3. The van der Waals surface area contributed by atoms with Crippen LogP contribution in [0, 0.1) is 5.82 Å². The zero-order chi connectivity index (χ0) is 28.3. The number of nitrogens with zero attached hydrogens (tertiary/aromatic N) is 7. The fourth-order valence-electron chi connectivity index (χ4n) is 4.69. The topological polar surface area (TPSA) is 124 Å². The molecule has 0 aliphatic heterocycles. The number of aromatic amines is 2. The first-order valence-electron chi connectivity index (χ1n) is 13.0. The van der Waals surface area contributed by atoms with Crippen molar-refractivity contribution in [3.05, 3.63) is 96.1 Å². The number of pyridine rings is 3. The third-order valence-electron chi connectivity index (χ3n) is 6.71. The van der Waals surface area contributed by atoms with Gasteiger partial charge in [0.15, 0.2) is 17.3 Å². The average molecular weight is 547 g/mol. The number of hydrogen-bond acceptors (Lipinski definition) is 8. The second kappa shape index (κ2) is 11.1. The lowest BCUT2D eigenvalue weighted by atomic mass is 10.1. The van der Waals surface area contributed by atoms with E-state index in [0.717, 1.165) is 16.9 Å². The lowest BCUT2D eigenvalue weighted by Gasteiger charge is -2.14. The quantitative estimate of drug-likeness (QED) is 0.208. The van der Waals surface area contributed by atoms with Gasteiger partial charge in [-0.05, 0) is 36.9 Å². The summed E-state index contributed by atoms with van der Waals surface area (Å²) in [6.07, 6.45) is 8.47. The highest BCUT2D eigenvalue weighted by Crippen LogP contribution is 2.33. The zero-order valence-corrected chi connectivity index (χ0v) is 22.6.